The molecule has 0 fully saturated rings. The second kappa shape index (κ2) is 8.84. The molecule has 0 spiro atoms. The van der Waals surface area contributed by atoms with Gasteiger partial charge < -0.3 is 19.8 Å². The minimum Gasteiger partial charge on any atom is -0.494 e. The summed E-state index contributed by atoms with van der Waals surface area (Å²) in [5.74, 6) is 1.76. The van der Waals surface area contributed by atoms with Crippen molar-refractivity contribution < 1.29 is 13.9 Å². The number of aromatic nitrogens is 2. The second-order valence-electron chi connectivity index (χ2n) is 5.79. The number of ether oxygens (including phenoxy) is 1. The van der Waals surface area contributed by atoms with E-state index in [0.717, 1.165) is 11.4 Å². The molecule has 3 aromatic rings. The summed E-state index contributed by atoms with van der Waals surface area (Å²) in [6.07, 6.45) is 0.713. The minimum absolute atomic E-state index is 0.171. The quantitative estimate of drug-likeness (QED) is 0.629. The van der Waals surface area contributed by atoms with Crippen LogP contribution in [0.15, 0.2) is 52.9 Å². The average molecular weight is 366 g/mol. The van der Waals surface area contributed by atoms with Crippen molar-refractivity contribution in [1.29, 1.82) is 0 Å². The Balaban J connectivity index is 1.54. The lowest BCUT2D eigenvalue weighted by Crippen LogP contribution is -2.11. The second-order valence-corrected chi connectivity index (χ2v) is 5.79. The number of nitrogens with zero attached hydrogens (tertiary/aromatic N) is 2. The van der Waals surface area contributed by atoms with Crippen molar-refractivity contribution in [1.82, 2.24) is 10.2 Å². The van der Waals surface area contributed by atoms with Crippen LogP contribution in [0.4, 0.5) is 11.4 Å². The zero-order valence-electron chi connectivity index (χ0n) is 15.4. The molecule has 0 aliphatic heterocycles. The van der Waals surface area contributed by atoms with Gasteiger partial charge in [0.1, 0.15) is 5.75 Å². The first-order valence-corrected chi connectivity index (χ1v) is 8.87. The van der Waals surface area contributed by atoms with Gasteiger partial charge in [-0.05, 0) is 55.5 Å². The van der Waals surface area contributed by atoms with Crippen LogP contribution >= 0.6 is 0 Å². The first-order valence-electron chi connectivity index (χ1n) is 8.87. The molecule has 0 bridgehead atoms. The van der Waals surface area contributed by atoms with E-state index in [9.17, 15) is 4.79 Å². The molecule has 3 rings (SSSR count). The predicted octanol–water partition coefficient (Wildman–Crippen LogP) is 3.90. The lowest BCUT2D eigenvalue weighted by molar-refractivity contribution is 0.102. The van der Waals surface area contributed by atoms with Crippen molar-refractivity contribution in [2.24, 2.45) is 0 Å². The zero-order chi connectivity index (χ0) is 19.1. The first-order chi connectivity index (χ1) is 13.2. The number of carbonyl (C=O) groups is 1. The number of hydrogen-bond donors (Lipinski definition) is 2. The summed E-state index contributed by atoms with van der Waals surface area (Å²) in [6, 6.07) is 14.5. The number of benzene rings is 2. The summed E-state index contributed by atoms with van der Waals surface area (Å²) in [7, 11) is 0. The third-order valence-corrected chi connectivity index (χ3v) is 3.83. The normalized spacial score (nSPS) is 10.4. The van der Waals surface area contributed by atoms with E-state index in [4.69, 9.17) is 9.15 Å². The third-order valence-electron chi connectivity index (χ3n) is 3.83. The maximum atomic E-state index is 12.4. The molecule has 7 nitrogen and oxygen atoms in total. The molecule has 2 aromatic carbocycles. The Morgan fingerprint density at radius 1 is 0.963 bits per heavy atom. The van der Waals surface area contributed by atoms with Crippen LogP contribution < -0.4 is 15.4 Å². The maximum Gasteiger partial charge on any atom is 0.255 e. The van der Waals surface area contributed by atoms with Crippen molar-refractivity contribution in [2.45, 2.75) is 26.8 Å². The molecule has 0 saturated heterocycles. The third kappa shape index (κ3) is 5.07. The number of anilines is 2. The van der Waals surface area contributed by atoms with E-state index >= 15 is 0 Å². The minimum atomic E-state index is -0.171. The standard InChI is InChI=1S/C20H22N4O3/c1-3-18-23-24-19(27-18)13-21-15-7-5-14(6-8-15)20(25)22-16-9-11-17(12-10-16)26-4-2/h5-12,21H,3-4,13H2,1-2H3,(H,22,25). The molecule has 0 aliphatic rings. The van der Waals surface area contributed by atoms with Crippen molar-refractivity contribution in [3.8, 4) is 5.75 Å². The van der Waals surface area contributed by atoms with Gasteiger partial charge in [0, 0.05) is 23.4 Å². The van der Waals surface area contributed by atoms with Gasteiger partial charge in [-0.25, -0.2) is 0 Å². The largest absolute Gasteiger partial charge is 0.494 e. The van der Waals surface area contributed by atoms with Crippen molar-refractivity contribution in [3.63, 3.8) is 0 Å². The summed E-state index contributed by atoms with van der Waals surface area (Å²) < 4.78 is 10.8. The van der Waals surface area contributed by atoms with Gasteiger partial charge in [-0.3, -0.25) is 4.79 Å². The number of hydrogen-bond acceptors (Lipinski definition) is 6. The number of amides is 1. The first kappa shape index (κ1) is 18.4. The SMILES string of the molecule is CCOc1ccc(NC(=O)c2ccc(NCc3nnc(CC)o3)cc2)cc1. The Labute approximate surface area is 157 Å². The van der Waals surface area contributed by atoms with E-state index in [1.807, 2.05) is 50.2 Å². The Bertz CT molecular complexity index is 873. The lowest BCUT2D eigenvalue weighted by Gasteiger charge is -2.08. The van der Waals surface area contributed by atoms with Gasteiger partial charge in [0.05, 0.1) is 13.2 Å². The Hall–Kier alpha value is -3.35. The molecule has 0 radical (unpaired) electrons. The van der Waals surface area contributed by atoms with Gasteiger partial charge in [0.15, 0.2) is 0 Å². The topological polar surface area (TPSA) is 89.3 Å². The summed E-state index contributed by atoms with van der Waals surface area (Å²) in [5, 5.41) is 13.9. The monoisotopic (exact) mass is 366 g/mol. The molecule has 0 aliphatic carbocycles. The number of aryl methyl sites for hydroxylation is 1. The van der Waals surface area contributed by atoms with Gasteiger partial charge in [-0.2, -0.15) is 0 Å². The van der Waals surface area contributed by atoms with E-state index in [0.29, 0.717) is 42.6 Å². The molecule has 1 heterocycles. The van der Waals surface area contributed by atoms with Crippen LogP contribution in [0.2, 0.25) is 0 Å². The molecular weight excluding hydrogens is 344 g/mol. The highest BCUT2D eigenvalue weighted by Crippen LogP contribution is 2.17. The molecule has 0 saturated carbocycles. The number of rotatable bonds is 8. The Morgan fingerprint density at radius 3 is 2.26 bits per heavy atom. The Morgan fingerprint density at radius 2 is 1.63 bits per heavy atom. The van der Waals surface area contributed by atoms with Crippen LogP contribution in [-0.2, 0) is 13.0 Å². The summed E-state index contributed by atoms with van der Waals surface area (Å²) >= 11 is 0. The van der Waals surface area contributed by atoms with Gasteiger partial charge in [-0.1, -0.05) is 6.92 Å². The van der Waals surface area contributed by atoms with E-state index in [2.05, 4.69) is 20.8 Å². The molecule has 0 unspecified atom stereocenters. The van der Waals surface area contributed by atoms with E-state index in [1.165, 1.54) is 0 Å². The Kier molecular flexibility index (Phi) is 6.04. The molecule has 27 heavy (non-hydrogen) atoms. The maximum absolute atomic E-state index is 12.4. The van der Waals surface area contributed by atoms with Crippen LogP contribution in [0.1, 0.15) is 36.0 Å². The van der Waals surface area contributed by atoms with Crippen LogP contribution in [0, 0.1) is 0 Å². The van der Waals surface area contributed by atoms with Crippen LogP contribution in [0.25, 0.3) is 0 Å². The summed E-state index contributed by atoms with van der Waals surface area (Å²) in [4.78, 5) is 12.4. The number of nitrogens with one attached hydrogen (secondary N) is 2. The van der Waals surface area contributed by atoms with Gasteiger partial charge in [0.25, 0.3) is 5.91 Å². The fourth-order valence-electron chi connectivity index (χ4n) is 2.42. The zero-order valence-corrected chi connectivity index (χ0v) is 15.4. The highest BCUT2D eigenvalue weighted by atomic mass is 16.5. The molecule has 140 valence electrons. The van der Waals surface area contributed by atoms with E-state index in [-0.39, 0.29) is 5.91 Å². The highest BCUT2D eigenvalue weighted by Gasteiger charge is 2.07. The molecule has 1 amide bonds. The summed E-state index contributed by atoms with van der Waals surface area (Å²) in [6.45, 7) is 4.93. The fourth-order valence-corrected chi connectivity index (χ4v) is 2.42. The molecule has 1 aromatic heterocycles. The van der Waals surface area contributed by atoms with E-state index in [1.54, 1.807) is 12.1 Å². The van der Waals surface area contributed by atoms with Crippen molar-refractivity contribution in [3.05, 3.63) is 65.9 Å². The smallest absolute Gasteiger partial charge is 0.255 e. The lowest BCUT2D eigenvalue weighted by atomic mass is 10.2. The van der Waals surface area contributed by atoms with Crippen LogP contribution in [0.3, 0.4) is 0 Å². The highest BCUT2D eigenvalue weighted by molar-refractivity contribution is 6.04. The molecule has 2 N–H and O–H groups in total. The van der Waals surface area contributed by atoms with E-state index < -0.39 is 0 Å². The number of carbonyl (C=O) groups excluding carboxylic acids is 1. The predicted molar refractivity (Wildman–Crippen MR) is 103 cm³/mol. The van der Waals surface area contributed by atoms with Crippen LogP contribution in [0.5, 0.6) is 5.75 Å². The van der Waals surface area contributed by atoms with Gasteiger partial charge in [-0.15, -0.1) is 10.2 Å². The van der Waals surface area contributed by atoms with Crippen LogP contribution in [-0.4, -0.2) is 22.7 Å². The fraction of sp³-hybridized carbons (Fsp3) is 0.250. The van der Waals surface area contributed by atoms with Crippen molar-refractivity contribution in [2.75, 3.05) is 17.2 Å². The average Bonchev–Trinajstić information content (AvgIpc) is 3.17. The van der Waals surface area contributed by atoms with Gasteiger partial charge in [0.2, 0.25) is 11.8 Å². The molecule has 0 atom stereocenters. The molecular formula is C20H22N4O3. The molecule has 7 heteroatoms. The van der Waals surface area contributed by atoms with Gasteiger partial charge >= 0.3 is 0 Å². The summed E-state index contributed by atoms with van der Waals surface area (Å²) in [5.41, 5.74) is 2.15. The van der Waals surface area contributed by atoms with Crippen molar-refractivity contribution >= 4 is 17.3 Å².